The molecule has 3 heteroatoms. The average molecular weight is 270 g/mol. The number of aliphatic hydroxyl groups excluding tert-OH is 1. The van der Waals surface area contributed by atoms with Crippen LogP contribution in [-0.2, 0) is 0 Å². The molecule has 1 saturated heterocycles. The molecule has 1 aliphatic heterocycles. The van der Waals surface area contributed by atoms with Crippen LogP contribution in [0.1, 0.15) is 53.4 Å². The van der Waals surface area contributed by atoms with E-state index in [0.717, 1.165) is 31.2 Å². The molecule has 1 rings (SSSR count). The molecule has 3 unspecified atom stereocenters. The van der Waals surface area contributed by atoms with Crippen molar-refractivity contribution in [2.24, 2.45) is 11.8 Å². The molecule has 114 valence electrons. The van der Waals surface area contributed by atoms with Gasteiger partial charge in [-0.1, -0.05) is 27.7 Å². The van der Waals surface area contributed by atoms with Gasteiger partial charge in [0.05, 0.1) is 6.61 Å². The summed E-state index contributed by atoms with van der Waals surface area (Å²) < 4.78 is 0. The zero-order valence-electron chi connectivity index (χ0n) is 13.4. The van der Waals surface area contributed by atoms with Gasteiger partial charge < -0.3 is 15.3 Å². The van der Waals surface area contributed by atoms with E-state index in [-0.39, 0.29) is 12.1 Å². The van der Waals surface area contributed by atoms with E-state index in [1.165, 1.54) is 32.5 Å². The molecule has 19 heavy (non-hydrogen) atoms. The molecule has 3 atom stereocenters. The Labute approximate surface area is 119 Å². The molecule has 1 fully saturated rings. The highest BCUT2D eigenvalue weighted by atomic mass is 16.3. The SMILES string of the molecule is CCNC(CC)(CO)CCCN1CC(C)CC(C)C1. The number of nitrogens with one attached hydrogen (secondary N) is 1. The third-order valence-corrected chi connectivity index (χ3v) is 4.61. The topological polar surface area (TPSA) is 35.5 Å². The Kier molecular flexibility index (Phi) is 7.33. The van der Waals surface area contributed by atoms with E-state index in [0.29, 0.717) is 0 Å². The van der Waals surface area contributed by atoms with Crippen LogP contribution in [0.3, 0.4) is 0 Å². The summed E-state index contributed by atoms with van der Waals surface area (Å²) in [5.41, 5.74) is -0.0538. The minimum absolute atomic E-state index is 0.0538. The van der Waals surface area contributed by atoms with Gasteiger partial charge in [-0.2, -0.15) is 0 Å². The van der Waals surface area contributed by atoms with Crippen molar-refractivity contribution in [3.63, 3.8) is 0 Å². The van der Waals surface area contributed by atoms with Gasteiger partial charge in [-0.15, -0.1) is 0 Å². The van der Waals surface area contributed by atoms with Crippen molar-refractivity contribution in [2.75, 3.05) is 32.8 Å². The number of nitrogens with zero attached hydrogens (tertiary/aromatic N) is 1. The van der Waals surface area contributed by atoms with Gasteiger partial charge in [0.15, 0.2) is 0 Å². The Hall–Kier alpha value is -0.120. The lowest BCUT2D eigenvalue weighted by atomic mass is 9.89. The molecule has 0 saturated carbocycles. The Bertz CT molecular complexity index is 231. The van der Waals surface area contributed by atoms with Crippen molar-refractivity contribution in [2.45, 2.75) is 58.9 Å². The lowest BCUT2D eigenvalue weighted by molar-refractivity contribution is 0.117. The molecule has 0 radical (unpaired) electrons. The van der Waals surface area contributed by atoms with Gasteiger partial charge in [-0.25, -0.2) is 0 Å². The van der Waals surface area contributed by atoms with E-state index in [4.69, 9.17) is 0 Å². The number of rotatable bonds is 8. The predicted molar refractivity (Wildman–Crippen MR) is 82.4 cm³/mol. The Balaban J connectivity index is 2.35. The second-order valence-electron chi connectivity index (χ2n) is 6.63. The fraction of sp³-hybridized carbons (Fsp3) is 1.00. The van der Waals surface area contributed by atoms with Crippen LogP contribution in [-0.4, -0.2) is 48.3 Å². The number of likely N-dealkylation sites (N-methyl/N-ethyl adjacent to an activating group) is 1. The molecule has 2 N–H and O–H groups in total. The highest BCUT2D eigenvalue weighted by molar-refractivity contribution is 4.86. The summed E-state index contributed by atoms with van der Waals surface area (Å²) in [7, 11) is 0. The van der Waals surface area contributed by atoms with Gasteiger partial charge in [0.25, 0.3) is 0 Å². The highest BCUT2D eigenvalue weighted by Gasteiger charge is 2.27. The van der Waals surface area contributed by atoms with Gasteiger partial charge in [0.1, 0.15) is 0 Å². The number of hydrogen-bond donors (Lipinski definition) is 2. The maximum absolute atomic E-state index is 9.65. The fourth-order valence-electron chi connectivity index (χ4n) is 3.63. The first-order chi connectivity index (χ1) is 9.05. The molecule has 0 aliphatic carbocycles. The maximum Gasteiger partial charge on any atom is 0.0613 e. The zero-order chi connectivity index (χ0) is 14.3. The fourth-order valence-corrected chi connectivity index (χ4v) is 3.63. The van der Waals surface area contributed by atoms with Crippen molar-refractivity contribution < 1.29 is 5.11 Å². The average Bonchev–Trinajstić information content (AvgIpc) is 2.36. The molecule has 0 aromatic rings. The Morgan fingerprint density at radius 3 is 2.32 bits per heavy atom. The number of piperidine rings is 1. The van der Waals surface area contributed by atoms with Gasteiger partial charge >= 0.3 is 0 Å². The van der Waals surface area contributed by atoms with Crippen LogP contribution in [0.15, 0.2) is 0 Å². The second kappa shape index (κ2) is 8.23. The molecule has 0 aromatic heterocycles. The van der Waals surface area contributed by atoms with Gasteiger partial charge in [0.2, 0.25) is 0 Å². The maximum atomic E-state index is 9.65. The van der Waals surface area contributed by atoms with E-state index >= 15 is 0 Å². The monoisotopic (exact) mass is 270 g/mol. The summed E-state index contributed by atoms with van der Waals surface area (Å²) in [4.78, 5) is 2.61. The first kappa shape index (κ1) is 16.9. The largest absolute Gasteiger partial charge is 0.394 e. The molecular formula is C16H34N2O. The molecule has 0 amide bonds. The predicted octanol–water partition coefficient (Wildman–Crippen LogP) is 2.50. The van der Waals surface area contributed by atoms with Crippen LogP contribution in [0, 0.1) is 11.8 Å². The van der Waals surface area contributed by atoms with Crippen molar-refractivity contribution in [1.29, 1.82) is 0 Å². The third kappa shape index (κ3) is 5.41. The van der Waals surface area contributed by atoms with E-state index in [1.807, 2.05) is 0 Å². The van der Waals surface area contributed by atoms with E-state index in [2.05, 4.69) is 37.9 Å². The Morgan fingerprint density at radius 1 is 1.21 bits per heavy atom. The Morgan fingerprint density at radius 2 is 1.84 bits per heavy atom. The van der Waals surface area contributed by atoms with E-state index < -0.39 is 0 Å². The minimum atomic E-state index is -0.0538. The van der Waals surface area contributed by atoms with Crippen molar-refractivity contribution in [1.82, 2.24) is 10.2 Å². The second-order valence-corrected chi connectivity index (χ2v) is 6.63. The van der Waals surface area contributed by atoms with Crippen molar-refractivity contribution in [3.05, 3.63) is 0 Å². The first-order valence-electron chi connectivity index (χ1n) is 8.13. The molecule has 1 heterocycles. The van der Waals surface area contributed by atoms with Crippen LogP contribution in [0.4, 0.5) is 0 Å². The van der Waals surface area contributed by atoms with E-state index in [9.17, 15) is 5.11 Å². The standard InChI is InChI=1S/C16H34N2O/c1-5-16(13-19,17-6-2)8-7-9-18-11-14(3)10-15(4)12-18/h14-15,17,19H,5-13H2,1-4H3. The summed E-state index contributed by atoms with van der Waals surface area (Å²) in [5, 5.41) is 13.1. The van der Waals surface area contributed by atoms with Crippen LogP contribution in [0.2, 0.25) is 0 Å². The summed E-state index contributed by atoms with van der Waals surface area (Å²) in [6.45, 7) is 13.9. The molecule has 1 aliphatic rings. The van der Waals surface area contributed by atoms with Crippen LogP contribution in [0.5, 0.6) is 0 Å². The third-order valence-electron chi connectivity index (χ3n) is 4.61. The zero-order valence-corrected chi connectivity index (χ0v) is 13.4. The summed E-state index contributed by atoms with van der Waals surface area (Å²) >= 11 is 0. The van der Waals surface area contributed by atoms with Gasteiger partial charge in [-0.05, 0) is 50.6 Å². The lowest BCUT2D eigenvalue weighted by Gasteiger charge is -2.36. The van der Waals surface area contributed by atoms with E-state index in [1.54, 1.807) is 0 Å². The lowest BCUT2D eigenvalue weighted by Crippen LogP contribution is -2.48. The summed E-state index contributed by atoms with van der Waals surface area (Å²) in [6.07, 6.45) is 4.64. The molecular weight excluding hydrogens is 236 g/mol. The number of hydrogen-bond acceptors (Lipinski definition) is 3. The normalized spacial score (nSPS) is 28.3. The van der Waals surface area contributed by atoms with Crippen molar-refractivity contribution >= 4 is 0 Å². The van der Waals surface area contributed by atoms with Crippen LogP contribution in [0.25, 0.3) is 0 Å². The molecule has 3 nitrogen and oxygen atoms in total. The van der Waals surface area contributed by atoms with Crippen LogP contribution < -0.4 is 5.32 Å². The molecule has 0 aromatic carbocycles. The first-order valence-corrected chi connectivity index (χ1v) is 8.13. The van der Waals surface area contributed by atoms with Crippen LogP contribution >= 0.6 is 0 Å². The number of likely N-dealkylation sites (tertiary alicyclic amines) is 1. The summed E-state index contributed by atoms with van der Waals surface area (Å²) in [5.74, 6) is 1.68. The molecule has 0 bridgehead atoms. The van der Waals surface area contributed by atoms with Gasteiger partial charge in [-0.3, -0.25) is 0 Å². The summed E-state index contributed by atoms with van der Waals surface area (Å²) in [6, 6.07) is 0. The molecule has 0 spiro atoms. The quantitative estimate of drug-likeness (QED) is 0.711. The smallest absolute Gasteiger partial charge is 0.0613 e. The van der Waals surface area contributed by atoms with Gasteiger partial charge in [0, 0.05) is 18.6 Å². The van der Waals surface area contributed by atoms with Crippen molar-refractivity contribution in [3.8, 4) is 0 Å². The minimum Gasteiger partial charge on any atom is -0.394 e. The number of aliphatic hydroxyl groups is 1. The highest BCUT2D eigenvalue weighted by Crippen LogP contribution is 2.22.